The van der Waals surface area contributed by atoms with Crippen LogP contribution in [0.3, 0.4) is 0 Å². The van der Waals surface area contributed by atoms with Crippen LogP contribution >= 0.6 is 0 Å². The van der Waals surface area contributed by atoms with Gasteiger partial charge in [-0.2, -0.15) is 0 Å². The second kappa shape index (κ2) is 48.6. The van der Waals surface area contributed by atoms with E-state index in [0.29, 0.717) is 38.4 Å². The minimum Gasteiger partial charge on any atom is -0.854 e. The zero-order valence-electron chi connectivity index (χ0n) is 42.1. The zero-order valence-corrected chi connectivity index (χ0v) is 45.2. The second-order valence-electron chi connectivity index (χ2n) is 18.1. The van der Waals surface area contributed by atoms with Gasteiger partial charge in [-0.3, -0.25) is 14.4 Å². The van der Waals surface area contributed by atoms with E-state index in [1.807, 2.05) is 0 Å². The van der Waals surface area contributed by atoms with E-state index in [1.165, 1.54) is 128 Å². The van der Waals surface area contributed by atoms with Gasteiger partial charge < -0.3 is 34.5 Å². The first kappa shape index (κ1) is 63.1. The predicted molar refractivity (Wildman–Crippen MR) is 257 cm³/mol. The van der Waals surface area contributed by atoms with E-state index in [-0.39, 0.29) is 88.0 Å². The number of hydrogen-bond donors (Lipinski definition) is 2. The minimum absolute atomic E-state index is 0. The summed E-state index contributed by atoms with van der Waals surface area (Å²) in [7, 11) is 0. The van der Waals surface area contributed by atoms with Crippen LogP contribution in [0.2, 0.25) is 0 Å². The van der Waals surface area contributed by atoms with E-state index in [9.17, 15) is 19.5 Å². The van der Waals surface area contributed by atoms with Gasteiger partial charge in [0.1, 0.15) is 6.10 Å². The first-order valence-corrected chi connectivity index (χ1v) is 26.5. The summed E-state index contributed by atoms with van der Waals surface area (Å²) in [4.78, 5) is 45.1. The van der Waals surface area contributed by atoms with Crippen molar-refractivity contribution in [1.82, 2.24) is 20.2 Å². The van der Waals surface area contributed by atoms with Gasteiger partial charge in [0.2, 0.25) is 0 Å². The van der Waals surface area contributed by atoms with Crippen LogP contribution in [0.4, 0.5) is 0 Å². The molecule has 0 aromatic carbocycles. The number of carbonyl (C=O) groups excluding carboxylic acids is 3. The summed E-state index contributed by atoms with van der Waals surface area (Å²) in [5.74, 6) is 0.0623. The number of nitrogens with one attached hydrogen (secondary N) is 2. The maximum atomic E-state index is 12.2. The Hall–Kier alpha value is -0.864. The van der Waals surface area contributed by atoms with E-state index in [4.69, 9.17) is 14.2 Å². The van der Waals surface area contributed by atoms with Crippen molar-refractivity contribution in [2.45, 2.75) is 251 Å². The van der Waals surface area contributed by atoms with Crippen molar-refractivity contribution >= 4 is 17.8 Å². The maximum absolute atomic E-state index is 12.2. The number of nitrogens with zero attached hydrogens (tertiary/aromatic N) is 2. The smallest absolute Gasteiger partial charge is 0.854 e. The van der Waals surface area contributed by atoms with E-state index >= 15 is 0 Å². The number of imidazole rings is 1. The van der Waals surface area contributed by atoms with Crippen molar-refractivity contribution < 1.29 is 85.1 Å². The number of rotatable bonds is 43. The largest absolute Gasteiger partial charge is 1.00 e. The molecule has 1 saturated heterocycles. The predicted octanol–water partition coefficient (Wildman–Crippen LogP) is 8.97. The summed E-state index contributed by atoms with van der Waals surface area (Å²) in [5.41, 5.74) is 0. The maximum Gasteiger partial charge on any atom is 1.00 e. The molecule has 1 fully saturated rings. The number of unbranched alkanes of at least 4 members (excludes halogenated alkanes) is 24. The van der Waals surface area contributed by atoms with Gasteiger partial charge in [-0.25, -0.2) is 4.98 Å². The first-order chi connectivity index (χ1) is 30.9. The Balaban J connectivity index is 0.00000125. The third kappa shape index (κ3) is 40.2. The molecule has 0 bridgehead atoms. The van der Waals surface area contributed by atoms with E-state index in [2.05, 4.69) is 41.0 Å². The number of H-pyrrole nitrogens is 1. The standard InChI is InChI=1S/C27H48N4O4.C25H49O3.K/c1-2-3-4-5-6-7-8-9-13-21-35-25(32)14-11-10-12-19-31-20-15-24(23-31)34-22-18-30-27(33)26-28-16-17-29-26;1-3-5-7-9-12-16-20-24(21-17-13-10-8-6-4-2)28-25(27)22-18-14-11-15-19-23-26;/h16-17,24H,2-15,18-23H2,1H3,(H,28,29)(H,30,33);24H,3-23H2,1-2H3;/q;-1;+1. The first-order valence-electron chi connectivity index (χ1n) is 26.5. The van der Waals surface area contributed by atoms with Crippen LogP contribution in [0, 0.1) is 0 Å². The van der Waals surface area contributed by atoms with E-state index in [0.717, 1.165) is 96.7 Å². The molecular formula is C52H97KN4O7. The van der Waals surface area contributed by atoms with Crippen LogP contribution in [-0.4, -0.2) is 90.9 Å². The molecule has 64 heavy (non-hydrogen) atoms. The van der Waals surface area contributed by atoms with Crippen molar-refractivity contribution in [3.8, 4) is 0 Å². The molecule has 1 aromatic heterocycles. The molecular weight excluding hydrogens is 832 g/mol. The summed E-state index contributed by atoms with van der Waals surface area (Å²) in [6, 6.07) is 0. The Morgan fingerprint density at radius 1 is 0.688 bits per heavy atom. The number of ether oxygens (including phenoxy) is 3. The molecule has 1 atom stereocenters. The number of aromatic amines is 1. The number of carbonyl (C=O) groups is 3. The van der Waals surface area contributed by atoms with Gasteiger partial charge in [0, 0.05) is 44.9 Å². The molecule has 1 unspecified atom stereocenters. The average Bonchev–Trinajstić information content (AvgIpc) is 4.00. The Morgan fingerprint density at radius 2 is 1.20 bits per heavy atom. The molecule has 0 aliphatic carbocycles. The van der Waals surface area contributed by atoms with Gasteiger partial charge in [-0.1, -0.05) is 168 Å². The Labute approximate surface area is 435 Å². The van der Waals surface area contributed by atoms with Gasteiger partial charge in [-0.15, -0.1) is 6.61 Å². The summed E-state index contributed by atoms with van der Waals surface area (Å²) in [6.07, 6.45) is 42.5. The van der Waals surface area contributed by atoms with Crippen molar-refractivity contribution in [3.05, 3.63) is 18.2 Å². The van der Waals surface area contributed by atoms with Crippen molar-refractivity contribution in [2.75, 3.05) is 46.0 Å². The summed E-state index contributed by atoms with van der Waals surface area (Å²) >= 11 is 0. The molecule has 1 aliphatic rings. The number of aromatic nitrogens is 2. The number of likely N-dealkylation sites (tertiary alicyclic amines) is 1. The molecule has 2 rings (SSSR count). The van der Waals surface area contributed by atoms with Crippen LogP contribution in [0.5, 0.6) is 0 Å². The Morgan fingerprint density at radius 3 is 1.77 bits per heavy atom. The van der Waals surface area contributed by atoms with E-state index < -0.39 is 0 Å². The van der Waals surface area contributed by atoms with Crippen LogP contribution in [0.25, 0.3) is 0 Å². The Bertz CT molecular complexity index is 1140. The fourth-order valence-corrected chi connectivity index (χ4v) is 8.17. The topological polar surface area (TPSA) is 146 Å². The molecule has 1 amide bonds. The normalized spacial score (nSPS) is 13.7. The van der Waals surface area contributed by atoms with E-state index in [1.54, 1.807) is 12.4 Å². The molecule has 0 radical (unpaired) electrons. The van der Waals surface area contributed by atoms with Gasteiger partial charge in [-0.05, 0) is 64.3 Å². The van der Waals surface area contributed by atoms with Crippen LogP contribution in [-0.2, 0) is 23.8 Å². The number of esters is 2. The van der Waals surface area contributed by atoms with Gasteiger partial charge >= 0.3 is 63.3 Å². The molecule has 2 heterocycles. The quantitative estimate of drug-likeness (QED) is 0.0373. The third-order valence-corrected chi connectivity index (χ3v) is 12.1. The van der Waals surface area contributed by atoms with Crippen molar-refractivity contribution in [3.63, 3.8) is 0 Å². The van der Waals surface area contributed by atoms with Gasteiger partial charge in [0.05, 0.1) is 19.3 Å². The molecule has 2 N–H and O–H groups in total. The molecule has 1 aromatic rings. The summed E-state index contributed by atoms with van der Waals surface area (Å²) < 4.78 is 17.1. The molecule has 1 aliphatic heterocycles. The molecule has 11 nitrogen and oxygen atoms in total. The van der Waals surface area contributed by atoms with Crippen LogP contribution in [0.15, 0.2) is 12.4 Å². The number of hydrogen-bond acceptors (Lipinski definition) is 9. The van der Waals surface area contributed by atoms with Crippen molar-refractivity contribution in [2.24, 2.45) is 0 Å². The van der Waals surface area contributed by atoms with Gasteiger partial charge in [0.15, 0.2) is 5.82 Å². The summed E-state index contributed by atoms with van der Waals surface area (Å²) in [5, 5.41) is 13.2. The molecule has 12 heteroatoms. The average molecular weight is 929 g/mol. The fourth-order valence-electron chi connectivity index (χ4n) is 8.17. The molecule has 368 valence electrons. The fraction of sp³-hybridized carbons (Fsp3) is 0.885. The van der Waals surface area contributed by atoms with Crippen LogP contribution in [0.1, 0.15) is 250 Å². The summed E-state index contributed by atoms with van der Waals surface area (Å²) in [6.45, 7) is 11.4. The molecule has 0 saturated carbocycles. The monoisotopic (exact) mass is 929 g/mol. The van der Waals surface area contributed by atoms with Crippen LogP contribution < -0.4 is 61.8 Å². The third-order valence-electron chi connectivity index (χ3n) is 12.1. The second-order valence-corrected chi connectivity index (χ2v) is 18.1. The Kier molecular flexibility index (Phi) is 47.9. The van der Waals surface area contributed by atoms with Gasteiger partial charge in [0.25, 0.3) is 5.91 Å². The van der Waals surface area contributed by atoms with Crippen molar-refractivity contribution in [1.29, 1.82) is 0 Å². The minimum atomic E-state index is -0.209. The zero-order chi connectivity index (χ0) is 45.7. The number of amides is 1. The SMILES string of the molecule is CCCCCCCCC(CCCCCCCC)OC(=O)CCCCCCC[O-].CCCCCCCCCCCOC(=O)CCCCCN1CCC(OCCNC(=O)c2ncc[nH]2)C1.[K+]. The molecule has 0 spiro atoms.